The van der Waals surface area contributed by atoms with Crippen molar-refractivity contribution in [3.8, 4) is 5.75 Å². The Balaban J connectivity index is 1.61. The molecule has 4 rings (SSSR count). The second-order valence-electron chi connectivity index (χ2n) is 6.82. The Morgan fingerprint density at radius 3 is 2.69 bits per heavy atom. The summed E-state index contributed by atoms with van der Waals surface area (Å²) >= 11 is 0. The van der Waals surface area contributed by atoms with Crippen LogP contribution in [0.1, 0.15) is 29.6 Å². The molecule has 2 aromatic carbocycles. The van der Waals surface area contributed by atoms with Crippen LogP contribution >= 0.6 is 0 Å². The van der Waals surface area contributed by atoms with Gasteiger partial charge in [-0.25, -0.2) is 4.79 Å². The van der Waals surface area contributed by atoms with Crippen molar-refractivity contribution in [1.82, 2.24) is 9.55 Å². The highest BCUT2D eigenvalue weighted by Crippen LogP contribution is 2.27. The van der Waals surface area contributed by atoms with Crippen LogP contribution in [0.5, 0.6) is 5.75 Å². The van der Waals surface area contributed by atoms with Gasteiger partial charge in [-0.1, -0.05) is 36.4 Å². The number of ether oxygens (including phenoxy) is 1. The van der Waals surface area contributed by atoms with Gasteiger partial charge in [-0.3, -0.25) is 9.78 Å². The molecule has 0 unspecified atom stereocenters. The van der Waals surface area contributed by atoms with E-state index in [1.807, 2.05) is 53.1 Å². The average molecular weight is 388 g/mol. The molecule has 0 fully saturated rings. The van der Waals surface area contributed by atoms with Gasteiger partial charge in [-0.15, -0.1) is 0 Å². The minimum absolute atomic E-state index is 0.141. The number of esters is 1. The van der Waals surface area contributed by atoms with Crippen molar-refractivity contribution in [3.63, 3.8) is 0 Å². The lowest BCUT2D eigenvalue weighted by Crippen LogP contribution is -2.08. The summed E-state index contributed by atoms with van der Waals surface area (Å²) in [4.78, 5) is 28.0. The number of nitrogens with zero attached hydrogens (tertiary/aromatic N) is 2. The summed E-state index contributed by atoms with van der Waals surface area (Å²) < 4.78 is 7.68. The van der Waals surface area contributed by atoms with Crippen LogP contribution in [0.2, 0.25) is 0 Å². The van der Waals surface area contributed by atoms with E-state index in [-0.39, 0.29) is 6.42 Å². The van der Waals surface area contributed by atoms with Crippen molar-refractivity contribution in [2.75, 3.05) is 0 Å². The zero-order valence-electron chi connectivity index (χ0n) is 15.7. The smallest absolute Gasteiger partial charge is 0.345 e. The molecule has 0 spiro atoms. The molecule has 4 aromatic rings. The lowest BCUT2D eigenvalue weighted by Gasteiger charge is -2.06. The predicted molar refractivity (Wildman–Crippen MR) is 110 cm³/mol. The van der Waals surface area contributed by atoms with Gasteiger partial charge in [0.15, 0.2) is 5.75 Å². The molecule has 0 saturated carbocycles. The van der Waals surface area contributed by atoms with Crippen molar-refractivity contribution >= 4 is 33.7 Å². The number of fused-ring (bicyclic) bond motifs is 2. The molecule has 0 aliphatic rings. The Morgan fingerprint density at radius 1 is 1.00 bits per heavy atom. The second-order valence-corrected chi connectivity index (χ2v) is 6.82. The number of benzene rings is 2. The van der Waals surface area contributed by atoms with Crippen LogP contribution < -0.4 is 4.74 Å². The van der Waals surface area contributed by atoms with Crippen molar-refractivity contribution < 1.29 is 19.4 Å². The Labute approximate surface area is 167 Å². The summed E-state index contributed by atoms with van der Waals surface area (Å²) in [5.41, 5.74) is 2.04. The zero-order chi connectivity index (χ0) is 20.2. The first-order valence-corrected chi connectivity index (χ1v) is 9.49. The van der Waals surface area contributed by atoms with Gasteiger partial charge in [0.05, 0.1) is 5.56 Å². The van der Waals surface area contributed by atoms with Gasteiger partial charge in [0.2, 0.25) is 0 Å². The van der Waals surface area contributed by atoms with E-state index >= 15 is 0 Å². The Bertz CT molecular complexity index is 1190. The molecule has 0 atom stereocenters. The molecule has 6 nitrogen and oxygen atoms in total. The molecular weight excluding hydrogens is 368 g/mol. The number of carbonyl (C=O) groups is 2. The first-order chi connectivity index (χ1) is 14.1. The highest BCUT2D eigenvalue weighted by atomic mass is 16.5. The van der Waals surface area contributed by atoms with Crippen LogP contribution in [0, 0.1) is 0 Å². The van der Waals surface area contributed by atoms with Crippen molar-refractivity contribution in [1.29, 1.82) is 0 Å². The fourth-order valence-corrected chi connectivity index (χ4v) is 3.47. The number of aliphatic carboxylic acids is 1. The summed E-state index contributed by atoms with van der Waals surface area (Å²) in [7, 11) is 0. The average Bonchev–Trinajstić information content (AvgIpc) is 3.10. The number of carbonyl (C=O) groups excluding carboxylic acids is 1. The quantitative estimate of drug-likeness (QED) is 0.283. The summed E-state index contributed by atoms with van der Waals surface area (Å²) in [5, 5.41) is 10.5. The summed E-state index contributed by atoms with van der Waals surface area (Å²) in [6, 6.07) is 16.9. The van der Waals surface area contributed by atoms with Gasteiger partial charge in [-0.2, -0.15) is 0 Å². The first kappa shape index (κ1) is 18.7. The van der Waals surface area contributed by atoms with E-state index in [4.69, 9.17) is 9.84 Å². The van der Waals surface area contributed by atoms with Crippen LogP contribution in [0.3, 0.4) is 0 Å². The van der Waals surface area contributed by atoms with Crippen LogP contribution in [0.4, 0.5) is 0 Å². The van der Waals surface area contributed by atoms with Crippen molar-refractivity contribution in [3.05, 3.63) is 72.6 Å². The number of hydrogen-bond acceptors (Lipinski definition) is 4. The lowest BCUT2D eigenvalue weighted by atomic mass is 10.2. The van der Waals surface area contributed by atoms with Gasteiger partial charge in [0.25, 0.3) is 0 Å². The van der Waals surface area contributed by atoms with E-state index in [0.29, 0.717) is 36.2 Å². The number of aryl methyl sites for hydroxylation is 1. The van der Waals surface area contributed by atoms with Crippen LogP contribution in [-0.2, 0) is 11.3 Å². The van der Waals surface area contributed by atoms with Crippen molar-refractivity contribution in [2.24, 2.45) is 0 Å². The van der Waals surface area contributed by atoms with E-state index in [9.17, 15) is 9.59 Å². The molecular formula is C23H20N2O4. The Kier molecular flexibility index (Phi) is 5.24. The van der Waals surface area contributed by atoms with E-state index in [0.717, 1.165) is 16.3 Å². The molecule has 1 N–H and O–H groups in total. The van der Waals surface area contributed by atoms with E-state index in [1.165, 1.54) is 0 Å². The third kappa shape index (κ3) is 3.96. The molecule has 146 valence electrons. The molecule has 2 heterocycles. The summed E-state index contributed by atoms with van der Waals surface area (Å²) in [6.07, 6.45) is 4.90. The highest BCUT2D eigenvalue weighted by molar-refractivity contribution is 6.05. The van der Waals surface area contributed by atoms with Crippen LogP contribution in [0.15, 0.2) is 67.0 Å². The standard InChI is InChI=1S/C23H20N2O4/c26-21(27)12-3-4-14-25-15-18(17-9-1-2-10-19(17)25)23(28)29-20-11-5-7-16-8-6-13-24-22(16)20/h1-2,5-11,13,15H,3-4,12,14H2,(H,26,27). The van der Waals surface area contributed by atoms with Gasteiger partial charge in [0, 0.05) is 41.6 Å². The first-order valence-electron chi connectivity index (χ1n) is 9.49. The zero-order valence-corrected chi connectivity index (χ0v) is 15.7. The second kappa shape index (κ2) is 8.14. The van der Waals surface area contributed by atoms with Crippen LogP contribution in [-0.4, -0.2) is 26.6 Å². The summed E-state index contributed by atoms with van der Waals surface area (Å²) in [6.45, 7) is 0.636. The molecule has 2 aromatic heterocycles. The number of carboxylic acid groups (broad SMARTS) is 1. The third-order valence-corrected chi connectivity index (χ3v) is 4.85. The van der Waals surface area contributed by atoms with Gasteiger partial charge >= 0.3 is 11.9 Å². The molecule has 0 amide bonds. The number of carboxylic acids is 1. The minimum Gasteiger partial charge on any atom is -0.481 e. The number of hydrogen-bond donors (Lipinski definition) is 1. The van der Waals surface area contributed by atoms with E-state index in [2.05, 4.69) is 4.98 Å². The van der Waals surface area contributed by atoms with E-state index < -0.39 is 11.9 Å². The molecule has 0 saturated heterocycles. The monoisotopic (exact) mass is 388 g/mol. The normalized spacial score (nSPS) is 11.0. The number of pyridine rings is 1. The van der Waals surface area contributed by atoms with Gasteiger partial charge in [-0.05, 0) is 31.0 Å². The number of para-hydroxylation sites is 2. The highest BCUT2D eigenvalue weighted by Gasteiger charge is 2.18. The Hall–Kier alpha value is -3.67. The molecule has 6 heteroatoms. The van der Waals surface area contributed by atoms with Crippen LogP contribution in [0.25, 0.3) is 21.8 Å². The SMILES string of the molecule is O=C(O)CCCCn1cc(C(=O)Oc2cccc3cccnc23)c2ccccc21. The largest absolute Gasteiger partial charge is 0.481 e. The maximum atomic E-state index is 13.0. The third-order valence-electron chi connectivity index (χ3n) is 4.85. The molecule has 0 aliphatic carbocycles. The number of rotatable bonds is 7. The molecule has 0 aliphatic heterocycles. The van der Waals surface area contributed by atoms with Gasteiger partial charge < -0.3 is 14.4 Å². The topological polar surface area (TPSA) is 81.4 Å². The summed E-state index contributed by atoms with van der Waals surface area (Å²) in [5.74, 6) is -0.814. The van der Waals surface area contributed by atoms with Gasteiger partial charge in [0.1, 0.15) is 5.52 Å². The lowest BCUT2D eigenvalue weighted by molar-refractivity contribution is -0.137. The minimum atomic E-state index is -0.796. The molecule has 29 heavy (non-hydrogen) atoms. The molecule has 0 radical (unpaired) electrons. The maximum Gasteiger partial charge on any atom is 0.345 e. The van der Waals surface area contributed by atoms with Crippen molar-refractivity contribution in [2.45, 2.75) is 25.8 Å². The molecule has 0 bridgehead atoms. The predicted octanol–water partition coefficient (Wildman–Crippen LogP) is 4.66. The van der Waals surface area contributed by atoms with E-state index in [1.54, 1.807) is 18.5 Å². The Morgan fingerprint density at radius 2 is 1.83 bits per heavy atom. The number of aromatic nitrogens is 2. The number of unbranched alkanes of at least 4 members (excludes halogenated alkanes) is 1. The fourth-order valence-electron chi connectivity index (χ4n) is 3.47. The fraction of sp³-hybridized carbons (Fsp3) is 0.174. The maximum absolute atomic E-state index is 13.0.